The summed E-state index contributed by atoms with van der Waals surface area (Å²) in [7, 11) is -2.64. The largest absolute Gasteiger partial charge is 0.405 e. The van der Waals surface area contributed by atoms with Crippen LogP contribution in [0.25, 0.3) is 0 Å². The van der Waals surface area contributed by atoms with Gasteiger partial charge in [-0.3, -0.25) is 0 Å². The van der Waals surface area contributed by atoms with Crippen LogP contribution in [0.15, 0.2) is 60.7 Å². The van der Waals surface area contributed by atoms with Gasteiger partial charge in [0.1, 0.15) is 6.61 Å². The number of hydrogen-bond acceptors (Lipinski definition) is 4. The molecule has 1 unspecified atom stereocenters. The second-order valence-corrected chi connectivity index (χ2v) is 13.6. The number of aliphatic hydroxyl groups excluding tert-OH is 1. The van der Waals surface area contributed by atoms with Gasteiger partial charge in [-0.1, -0.05) is 93.3 Å². The number of hydrogen-bond donors (Lipinski definition) is 1. The van der Waals surface area contributed by atoms with Gasteiger partial charge in [-0.2, -0.15) is 0 Å². The molecule has 1 saturated heterocycles. The molecule has 0 bridgehead atoms. The highest BCUT2D eigenvalue weighted by molar-refractivity contribution is 6.99. The molecule has 2 aromatic carbocycles. The van der Waals surface area contributed by atoms with Crippen molar-refractivity contribution in [3.05, 3.63) is 60.7 Å². The highest BCUT2D eigenvalue weighted by Gasteiger charge is 2.50. The number of ether oxygens (including phenoxy) is 2. The molecule has 0 aliphatic carbocycles. The van der Waals surface area contributed by atoms with Crippen molar-refractivity contribution >= 4 is 18.7 Å². The maximum absolute atomic E-state index is 10.6. The highest BCUT2D eigenvalue weighted by atomic mass is 28.4. The summed E-state index contributed by atoms with van der Waals surface area (Å²) in [4.78, 5) is 0. The van der Waals surface area contributed by atoms with E-state index in [-0.39, 0.29) is 17.9 Å². The van der Waals surface area contributed by atoms with Crippen molar-refractivity contribution in [1.29, 1.82) is 0 Å². The highest BCUT2D eigenvalue weighted by Crippen LogP contribution is 2.36. The molecule has 172 valence electrons. The van der Waals surface area contributed by atoms with Gasteiger partial charge in [-0.05, 0) is 34.7 Å². The van der Waals surface area contributed by atoms with Crippen molar-refractivity contribution in [2.24, 2.45) is 0 Å². The van der Waals surface area contributed by atoms with Crippen molar-refractivity contribution in [3.8, 4) is 11.8 Å². The average Bonchev–Trinajstić information content (AvgIpc) is 2.80. The standard InChI is InChI=1S/C27H36O4Si/c1-27(2,3)32(24-15-6-4-7-16-24,25-17-8-5-9-18-25)31-22-23(28)14-10-12-20-29-26-19-11-13-21-30-26/h4-9,15-18,23,26,28H,11,13-14,19-22H2,1-3H3/t23-,26?/m1/s1. The zero-order chi connectivity index (χ0) is 22.9. The summed E-state index contributed by atoms with van der Waals surface area (Å²) in [6.45, 7) is 8.03. The molecule has 2 aromatic rings. The van der Waals surface area contributed by atoms with Crippen LogP contribution in [0, 0.1) is 11.8 Å². The van der Waals surface area contributed by atoms with Gasteiger partial charge >= 0.3 is 0 Å². The quantitative estimate of drug-likeness (QED) is 0.488. The lowest BCUT2D eigenvalue weighted by Gasteiger charge is -2.43. The lowest BCUT2D eigenvalue weighted by Crippen LogP contribution is -2.67. The predicted octanol–water partition coefficient (Wildman–Crippen LogP) is 3.86. The fourth-order valence-corrected chi connectivity index (χ4v) is 8.86. The Kier molecular flexibility index (Phi) is 9.09. The molecule has 1 aliphatic rings. The molecule has 0 spiro atoms. The molecule has 4 nitrogen and oxygen atoms in total. The van der Waals surface area contributed by atoms with E-state index < -0.39 is 14.4 Å². The minimum atomic E-state index is -2.64. The van der Waals surface area contributed by atoms with E-state index in [4.69, 9.17) is 13.9 Å². The molecule has 0 aromatic heterocycles. The van der Waals surface area contributed by atoms with Crippen LogP contribution in [0.3, 0.4) is 0 Å². The van der Waals surface area contributed by atoms with Crippen LogP contribution in [0.1, 0.15) is 46.5 Å². The van der Waals surface area contributed by atoms with Crippen LogP contribution in [-0.2, 0) is 13.9 Å². The molecule has 5 heteroatoms. The Balaban J connectivity index is 1.67. The first-order chi connectivity index (χ1) is 15.4. The van der Waals surface area contributed by atoms with E-state index in [1.54, 1.807) is 0 Å². The third-order valence-electron chi connectivity index (χ3n) is 5.85. The molecule has 0 saturated carbocycles. The molecule has 2 atom stereocenters. The molecular formula is C27H36O4Si. The monoisotopic (exact) mass is 452 g/mol. The zero-order valence-corrected chi connectivity index (χ0v) is 20.5. The van der Waals surface area contributed by atoms with Crippen LogP contribution in [0.5, 0.6) is 0 Å². The lowest BCUT2D eigenvalue weighted by molar-refractivity contribution is -0.154. The second-order valence-electron chi connectivity index (χ2n) is 9.29. The Hall–Kier alpha value is -1.94. The first-order valence-electron chi connectivity index (χ1n) is 11.6. The van der Waals surface area contributed by atoms with Crippen LogP contribution in [0.2, 0.25) is 5.04 Å². The molecule has 1 fully saturated rings. The lowest BCUT2D eigenvalue weighted by atomic mass is 10.2. The van der Waals surface area contributed by atoms with E-state index in [9.17, 15) is 5.11 Å². The normalized spacial score (nSPS) is 17.9. The van der Waals surface area contributed by atoms with Crippen molar-refractivity contribution in [2.45, 2.75) is 63.9 Å². The summed E-state index contributed by atoms with van der Waals surface area (Å²) >= 11 is 0. The van der Waals surface area contributed by atoms with Crippen LogP contribution >= 0.6 is 0 Å². The molecule has 3 rings (SSSR count). The first kappa shape index (κ1) is 24.7. The Bertz CT molecular complexity index is 822. The Labute approximate surface area is 194 Å². The maximum Gasteiger partial charge on any atom is 0.261 e. The van der Waals surface area contributed by atoms with Gasteiger partial charge in [0.05, 0.1) is 12.7 Å². The smallest absolute Gasteiger partial charge is 0.261 e. The minimum absolute atomic E-state index is 0.116. The van der Waals surface area contributed by atoms with Gasteiger partial charge in [-0.15, -0.1) is 0 Å². The molecule has 1 aliphatic heterocycles. The predicted molar refractivity (Wildman–Crippen MR) is 132 cm³/mol. The second kappa shape index (κ2) is 11.8. The summed E-state index contributed by atoms with van der Waals surface area (Å²) in [6.07, 6.45) is 2.72. The average molecular weight is 453 g/mol. The SMILES string of the molecule is CC(C)(C)[Si](OC[C@H](O)CC#CCOC1CCCCO1)(c1ccccc1)c1ccccc1. The van der Waals surface area contributed by atoms with E-state index in [1.165, 1.54) is 10.4 Å². The third-order valence-corrected chi connectivity index (χ3v) is 10.9. The van der Waals surface area contributed by atoms with E-state index >= 15 is 0 Å². The number of aliphatic hydroxyl groups is 1. The first-order valence-corrected chi connectivity index (χ1v) is 13.5. The number of benzene rings is 2. The Morgan fingerprint density at radius 2 is 1.62 bits per heavy atom. The Morgan fingerprint density at radius 1 is 1.00 bits per heavy atom. The van der Waals surface area contributed by atoms with Gasteiger partial charge in [0.2, 0.25) is 0 Å². The van der Waals surface area contributed by atoms with Crippen molar-refractivity contribution < 1.29 is 19.0 Å². The number of rotatable bonds is 8. The van der Waals surface area contributed by atoms with Crippen molar-refractivity contribution in [1.82, 2.24) is 0 Å². The fraction of sp³-hybridized carbons (Fsp3) is 0.481. The van der Waals surface area contributed by atoms with E-state index in [1.807, 2.05) is 12.1 Å². The topological polar surface area (TPSA) is 47.9 Å². The fourth-order valence-electron chi connectivity index (χ4n) is 4.26. The molecular weight excluding hydrogens is 416 g/mol. The molecule has 0 radical (unpaired) electrons. The van der Waals surface area contributed by atoms with Crippen LogP contribution < -0.4 is 10.4 Å². The molecule has 1 heterocycles. The Morgan fingerprint density at radius 3 is 2.16 bits per heavy atom. The van der Waals surface area contributed by atoms with Gasteiger partial charge in [-0.25, -0.2) is 0 Å². The van der Waals surface area contributed by atoms with Gasteiger partial charge < -0.3 is 19.0 Å². The van der Waals surface area contributed by atoms with Crippen molar-refractivity contribution in [3.63, 3.8) is 0 Å². The van der Waals surface area contributed by atoms with Gasteiger partial charge in [0.25, 0.3) is 8.32 Å². The summed E-state index contributed by atoms with van der Waals surface area (Å²) in [5, 5.41) is 12.9. The van der Waals surface area contributed by atoms with E-state index in [0.717, 1.165) is 25.9 Å². The van der Waals surface area contributed by atoms with Crippen LogP contribution in [-0.4, -0.2) is 45.6 Å². The van der Waals surface area contributed by atoms with Crippen molar-refractivity contribution in [2.75, 3.05) is 19.8 Å². The molecule has 32 heavy (non-hydrogen) atoms. The maximum atomic E-state index is 10.6. The summed E-state index contributed by atoms with van der Waals surface area (Å²) in [6, 6.07) is 20.9. The summed E-state index contributed by atoms with van der Waals surface area (Å²) in [5.41, 5.74) is 0. The third kappa shape index (κ3) is 6.31. The van der Waals surface area contributed by atoms with E-state index in [2.05, 4.69) is 81.1 Å². The summed E-state index contributed by atoms with van der Waals surface area (Å²) < 4.78 is 17.9. The minimum Gasteiger partial charge on any atom is -0.405 e. The van der Waals surface area contributed by atoms with Gasteiger partial charge in [0, 0.05) is 13.0 Å². The van der Waals surface area contributed by atoms with E-state index in [0.29, 0.717) is 13.0 Å². The summed E-state index contributed by atoms with van der Waals surface area (Å²) in [5.74, 6) is 6.03. The van der Waals surface area contributed by atoms with Crippen LogP contribution in [0.4, 0.5) is 0 Å². The molecule has 1 N–H and O–H groups in total. The zero-order valence-electron chi connectivity index (χ0n) is 19.5. The molecule has 0 amide bonds. The van der Waals surface area contributed by atoms with Gasteiger partial charge in [0.15, 0.2) is 6.29 Å².